The van der Waals surface area contributed by atoms with E-state index in [4.69, 9.17) is 0 Å². The maximum absolute atomic E-state index is 13.6. The molecule has 0 aromatic heterocycles. The molecule has 0 heterocycles. The third-order valence-electron chi connectivity index (χ3n) is 3.34. The van der Waals surface area contributed by atoms with Gasteiger partial charge >= 0.3 is 0 Å². The highest BCUT2D eigenvalue weighted by atomic mass is 19.1. The molecule has 0 aliphatic heterocycles. The molecule has 0 bridgehead atoms. The van der Waals surface area contributed by atoms with Gasteiger partial charge in [-0.1, -0.05) is 6.42 Å². The zero-order valence-corrected chi connectivity index (χ0v) is 9.80. The third-order valence-corrected chi connectivity index (χ3v) is 3.34. The maximum atomic E-state index is 13.6. The number of halogens is 1. The van der Waals surface area contributed by atoms with Crippen molar-refractivity contribution >= 4 is 11.4 Å². The molecule has 2 atom stereocenters. The fourth-order valence-electron chi connectivity index (χ4n) is 2.26. The second-order valence-electron chi connectivity index (χ2n) is 4.56. The van der Waals surface area contributed by atoms with Crippen molar-refractivity contribution in [2.24, 2.45) is 5.92 Å². The first-order chi connectivity index (χ1) is 8.58. The minimum absolute atomic E-state index is 0.125. The van der Waals surface area contributed by atoms with E-state index in [0.29, 0.717) is 6.54 Å². The summed E-state index contributed by atoms with van der Waals surface area (Å²) in [6.07, 6.45) is 2.35. The van der Waals surface area contributed by atoms with Gasteiger partial charge in [-0.15, -0.1) is 0 Å². The average molecular weight is 254 g/mol. The molecule has 0 saturated heterocycles. The van der Waals surface area contributed by atoms with Crippen LogP contribution in [0.4, 0.5) is 15.8 Å². The van der Waals surface area contributed by atoms with Gasteiger partial charge in [0.2, 0.25) is 0 Å². The maximum Gasteiger partial charge on any atom is 0.272 e. The number of anilines is 1. The van der Waals surface area contributed by atoms with E-state index in [1.165, 1.54) is 12.1 Å². The van der Waals surface area contributed by atoms with Gasteiger partial charge in [-0.25, -0.2) is 4.39 Å². The number of nitro benzene ring substituents is 1. The van der Waals surface area contributed by atoms with Gasteiger partial charge in [0.1, 0.15) is 0 Å². The quantitative estimate of drug-likeness (QED) is 0.638. The molecule has 2 N–H and O–H groups in total. The van der Waals surface area contributed by atoms with Crippen molar-refractivity contribution in [2.45, 2.75) is 25.4 Å². The van der Waals surface area contributed by atoms with E-state index in [1.54, 1.807) is 0 Å². The topological polar surface area (TPSA) is 75.4 Å². The number of nitro groups is 1. The lowest BCUT2D eigenvalue weighted by molar-refractivity contribution is -0.385. The summed E-state index contributed by atoms with van der Waals surface area (Å²) >= 11 is 0. The van der Waals surface area contributed by atoms with Crippen LogP contribution >= 0.6 is 0 Å². The van der Waals surface area contributed by atoms with Gasteiger partial charge in [0.15, 0.2) is 5.82 Å². The van der Waals surface area contributed by atoms with Gasteiger partial charge in [-0.05, 0) is 18.9 Å². The van der Waals surface area contributed by atoms with Gasteiger partial charge in [-0.2, -0.15) is 0 Å². The fourth-order valence-corrected chi connectivity index (χ4v) is 2.26. The molecule has 18 heavy (non-hydrogen) atoms. The molecule has 0 amide bonds. The van der Waals surface area contributed by atoms with Crippen molar-refractivity contribution in [3.63, 3.8) is 0 Å². The van der Waals surface area contributed by atoms with E-state index in [2.05, 4.69) is 5.32 Å². The molecule has 1 fully saturated rings. The van der Waals surface area contributed by atoms with Crippen LogP contribution in [0, 0.1) is 21.8 Å². The zero-order valence-electron chi connectivity index (χ0n) is 9.80. The van der Waals surface area contributed by atoms with Crippen molar-refractivity contribution in [2.75, 3.05) is 11.9 Å². The summed E-state index contributed by atoms with van der Waals surface area (Å²) in [6.45, 7) is 0.482. The van der Waals surface area contributed by atoms with Crippen LogP contribution in [-0.2, 0) is 0 Å². The van der Waals surface area contributed by atoms with Crippen molar-refractivity contribution in [1.29, 1.82) is 0 Å². The van der Waals surface area contributed by atoms with Crippen molar-refractivity contribution in [1.82, 2.24) is 0 Å². The largest absolute Gasteiger partial charge is 0.393 e. The van der Waals surface area contributed by atoms with Crippen molar-refractivity contribution < 1.29 is 14.4 Å². The SMILES string of the molecule is O=[N+]([O-])c1ccc(NCC2CCCC2O)c(F)c1. The molecular weight excluding hydrogens is 239 g/mol. The molecule has 98 valence electrons. The predicted octanol–water partition coefficient (Wildman–Crippen LogP) is 2.31. The number of aliphatic hydroxyl groups excluding tert-OH is 1. The number of nitrogens with zero attached hydrogens (tertiary/aromatic N) is 1. The van der Waals surface area contributed by atoms with Crippen LogP contribution < -0.4 is 5.32 Å². The summed E-state index contributed by atoms with van der Waals surface area (Å²) in [5.74, 6) is -0.517. The van der Waals surface area contributed by atoms with Gasteiger partial charge in [-0.3, -0.25) is 10.1 Å². The first-order valence-corrected chi connectivity index (χ1v) is 5.94. The highest BCUT2D eigenvalue weighted by Gasteiger charge is 2.25. The summed E-state index contributed by atoms with van der Waals surface area (Å²) in [5, 5.41) is 23.0. The molecule has 6 heteroatoms. The standard InChI is InChI=1S/C12H15FN2O3/c13-10-6-9(15(17)18)4-5-11(10)14-7-8-2-1-3-12(8)16/h4-6,8,12,14,16H,1-3,7H2. The van der Waals surface area contributed by atoms with Crippen molar-refractivity contribution in [3.8, 4) is 0 Å². The number of hydrogen-bond acceptors (Lipinski definition) is 4. The minimum Gasteiger partial charge on any atom is -0.393 e. The fraction of sp³-hybridized carbons (Fsp3) is 0.500. The van der Waals surface area contributed by atoms with Crippen LogP contribution in [0.5, 0.6) is 0 Å². The number of benzene rings is 1. The van der Waals surface area contributed by atoms with Crippen LogP contribution in [0.15, 0.2) is 18.2 Å². The molecule has 1 aliphatic carbocycles. The Morgan fingerprint density at radius 2 is 2.28 bits per heavy atom. The minimum atomic E-state index is -0.642. The highest BCUT2D eigenvalue weighted by molar-refractivity contribution is 5.50. The molecular formula is C12H15FN2O3. The summed E-state index contributed by atoms with van der Waals surface area (Å²) in [6, 6.07) is 3.51. The Morgan fingerprint density at radius 1 is 1.50 bits per heavy atom. The summed E-state index contributed by atoms with van der Waals surface area (Å²) in [5.41, 5.74) is -0.0290. The van der Waals surface area contributed by atoms with Crippen LogP contribution in [0.25, 0.3) is 0 Å². The molecule has 5 nitrogen and oxygen atoms in total. The molecule has 1 saturated carbocycles. The molecule has 0 spiro atoms. The van der Waals surface area contributed by atoms with Crippen molar-refractivity contribution in [3.05, 3.63) is 34.1 Å². The lowest BCUT2D eigenvalue weighted by Gasteiger charge is -2.16. The Labute approximate surface area is 104 Å². The second-order valence-corrected chi connectivity index (χ2v) is 4.56. The Bertz CT molecular complexity index is 453. The Kier molecular flexibility index (Phi) is 3.76. The summed E-state index contributed by atoms with van der Waals surface area (Å²) in [7, 11) is 0. The zero-order chi connectivity index (χ0) is 13.1. The summed E-state index contributed by atoms with van der Waals surface area (Å²) < 4.78 is 13.6. The van der Waals surface area contributed by atoms with Gasteiger partial charge in [0, 0.05) is 18.5 Å². The van der Waals surface area contributed by atoms with Gasteiger partial charge in [0.05, 0.1) is 22.8 Å². The first kappa shape index (κ1) is 12.8. The van der Waals surface area contributed by atoms with Gasteiger partial charge in [0.25, 0.3) is 5.69 Å². The van der Waals surface area contributed by atoms with Crippen LogP contribution in [0.3, 0.4) is 0 Å². The molecule has 2 unspecified atom stereocenters. The second kappa shape index (κ2) is 5.30. The van der Waals surface area contributed by atoms with E-state index in [0.717, 1.165) is 25.3 Å². The van der Waals surface area contributed by atoms with E-state index >= 15 is 0 Å². The number of hydrogen-bond donors (Lipinski definition) is 2. The van der Waals surface area contributed by atoms with E-state index in [9.17, 15) is 19.6 Å². The van der Waals surface area contributed by atoms with E-state index in [-0.39, 0.29) is 23.4 Å². The molecule has 1 aromatic carbocycles. The Morgan fingerprint density at radius 3 is 2.83 bits per heavy atom. The first-order valence-electron chi connectivity index (χ1n) is 5.94. The third kappa shape index (κ3) is 2.76. The average Bonchev–Trinajstić information content (AvgIpc) is 2.73. The van der Waals surface area contributed by atoms with E-state index in [1.807, 2.05) is 0 Å². The lowest BCUT2D eigenvalue weighted by atomic mass is 10.1. The number of non-ortho nitro benzene ring substituents is 1. The number of aliphatic hydroxyl groups is 1. The number of rotatable bonds is 4. The molecule has 0 radical (unpaired) electrons. The van der Waals surface area contributed by atoms with Crippen LogP contribution in [0.1, 0.15) is 19.3 Å². The predicted molar refractivity (Wildman–Crippen MR) is 64.9 cm³/mol. The van der Waals surface area contributed by atoms with Gasteiger partial charge < -0.3 is 10.4 Å². The molecule has 2 rings (SSSR count). The van der Waals surface area contributed by atoms with Crippen LogP contribution in [0.2, 0.25) is 0 Å². The molecule has 1 aromatic rings. The smallest absolute Gasteiger partial charge is 0.272 e. The van der Waals surface area contributed by atoms with E-state index < -0.39 is 10.7 Å². The number of nitrogens with one attached hydrogen (secondary N) is 1. The monoisotopic (exact) mass is 254 g/mol. The Hall–Kier alpha value is -1.69. The summed E-state index contributed by atoms with van der Waals surface area (Å²) in [4.78, 5) is 9.83. The lowest BCUT2D eigenvalue weighted by Crippen LogP contribution is -2.22. The normalized spacial score (nSPS) is 23.0. The Balaban J connectivity index is 1.99. The van der Waals surface area contributed by atoms with Crippen LogP contribution in [-0.4, -0.2) is 22.7 Å². The molecule has 1 aliphatic rings. The highest BCUT2D eigenvalue weighted by Crippen LogP contribution is 2.27.